The highest BCUT2D eigenvalue weighted by Gasteiger charge is 2.82. The molecular formula is C36H53NO6. The maximum Gasteiger partial charge on any atom is 0.513 e. The minimum Gasteiger partial charge on any atom is -0.482 e. The molecule has 1 saturated heterocycles. The standard InChI is InChI=1S/C36H53NO6/c1-7-8-9-10-19-41-31(38)42-25-14-13-24-20-27-34-15-16-36(40-6,26(21-34)33(5,39)32(2,3)4)30-35(34,28(24)29(25)43-30)17-18-37(27)22-23-11-12-23/h13-14,23,26-27,30,39H,7-12,15-22H2,1-6H3/t26-,27-,30-,33+,34-,35+,36-/m1/s1. The van der Waals surface area contributed by atoms with Crippen molar-refractivity contribution in [2.45, 2.75) is 134 Å². The quantitative estimate of drug-likeness (QED) is 0.181. The van der Waals surface area contributed by atoms with Crippen molar-refractivity contribution in [2.75, 3.05) is 26.8 Å². The summed E-state index contributed by atoms with van der Waals surface area (Å²) in [4.78, 5) is 15.7. The number of nitrogens with zero attached hydrogens (tertiary/aromatic N) is 1. The number of fused-ring (bicyclic) bond motifs is 2. The minimum absolute atomic E-state index is 0.0400. The number of piperidine rings is 1. The lowest BCUT2D eigenvalue weighted by molar-refractivity contribution is -0.312. The zero-order valence-corrected chi connectivity index (χ0v) is 27.3. The molecule has 0 aromatic heterocycles. The van der Waals surface area contributed by atoms with Crippen LogP contribution in [0.25, 0.3) is 0 Å². The number of unbranched alkanes of at least 4 members (excludes halogenated alkanes) is 3. The highest BCUT2D eigenvalue weighted by Crippen LogP contribution is 2.78. The Morgan fingerprint density at radius 1 is 1.12 bits per heavy atom. The molecule has 7 heteroatoms. The third-order valence-corrected chi connectivity index (χ3v) is 13.3. The zero-order valence-electron chi connectivity index (χ0n) is 27.3. The summed E-state index contributed by atoms with van der Waals surface area (Å²) < 4.78 is 25.3. The van der Waals surface area contributed by atoms with Crippen LogP contribution in [0.2, 0.25) is 0 Å². The molecule has 0 unspecified atom stereocenters. The summed E-state index contributed by atoms with van der Waals surface area (Å²) in [6, 6.07) is 4.50. The fourth-order valence-corrected chi connectivity index (χ4v) is 10.5. The molecule has 0 amide bonds. The number of aliphatic hydroxyl groups is 1. The zero-order chi connectivity index (χ0) is 30.4. The van der Waals surface area contributed by atoms with Crippen LogP contribution in [-0.4, -0.2) is 66.3 Å². The number of likely N-dealkylation sites (tertiary alicyclic amines) is 1. The summed E-state index contributed by atoms with van der Waals surface area (Å²) in [6.45, 7) is 13.2. The lowest BCUT2D eigenvalue weighted by Crippen LogP contribution is -2.83. The van der Waals surface area contributed by atoms with E-state index in [0.29, 0.717) is 24.1 Å². The van der Waals surface area contributed by atoms with Gasteiger partial charge in [0.25, 0.3) is 0 Å². The number of hydrogen-bond donors (Lipinski definition) is 1. The van der Waals surface area contributed by atoms with Gasteiger partial charge >= 0.3 is 6.16 Å². The first kappa shape index (κ1) is 29.9. The van der Waals surface area contributed by atoms with Crippen molar-refractivity contribution in [3.63, 3.8) is 0 Å². The first-order valence-corrected chi connectivity index (χ1v) is 17.1. The Labute approximate surface area is 258 Å². The number of benzene rings is 1. The van der Waals surface area contributed by atoms with E-state index in [0.717, 1.165) is 70.3 Å². The number of carbonyl (C=O) groups excluding carboxylic acids is 1. The number of ether oxygens (including phenoxy) is 4. The van der Waals surface area contributed by atoms with Crippen LogP contribution in [0.1, 0.15) is 110 Å². The molecule has 4 saturated carbocycles. The first-order valence-electron chi connectivity index (χ1n) is 17.1. The van der Waals surface area contributed by atoms with Gasteiger partial charge in [-0.15, -0.1) is 0 Å². The summed E-state index contributed by atoms with van der Waals surface area (Å²) in [5, 5.41) is 12.4. The van der Waals surface area contributed by atoms with Crippen molar-refractivity contribution in [3.8, 4) is 11.5 Å². The number of hydrogen-bond acceptors (Lipinski definition) is 7. The van der Waals surface area contributed by atoms with Crippen molar-refractivity contribution >= 4 is 6.16 Å². The van der Waals surface area contributed by atoms with E-state index in [1.807, 2.05) is 20.1 Å². The molecule has 1 aromatic rings. The third kappa shape index (κ3) is 4.05. The smallest absolute Gasteiger partial charge is 0.482 e. The molecule has 4 bridgehead atoms. The highest BCUT2D eigenvalue weighted by molar-refractivity contribution is 5.70. The van der Waals surface area contributed by atoms with Crippen LogP contribution in [-0.2, 0) is 21.3 Å². The Balaban J connectivity index is 1.31. The largest absolute Gasteiger partial charge is 0.513 e. The molecular weight excluding hydrogens is 542 g/mol. The molecule has 43 heavy (non-hydrogen) atoms. The van der Waals surface area contributed by atoms with E-state index in [1.54, 1.807) is 0 Å². The molecule has 5 fully saturated rings. The van der Waals surface area contributed by atoms with Crippen LogP contribution in [0.15, 0.2) is 12.1 Å². The van der Waals surface area contributed by atoms with Gasteiger partial charge in [0.2, 0.25) is 0 Å². The topological polar surface area (TPSA) is 77.5 Å². The first-order chi connectivity index (χ1) is 20.4. The van der Waals surface area contributed by atoms with Crippen LogP contribution in [0.5, 0.6) is 11.5 Å². The molecule has 5 aliphatic carbocycles. The molecule has 238 valence electrons. The summed E-state index contributed by atoms with van der Waals surface area (Å²) in [5.74, 6) is 1.90. The Morgan fingerprint density at radius 3 is 2.60 bits per heavy atom. The van der Waals surface area contributed by atoms with Gasteiger partial charge in [-0.25, -0.2) is 4.79 Å². The molecule has 2 aliphatic heterocycles. The maximum absolute atomic E-state index is 12.9. The Morgan fingerprint density at radius 2 is 1.91 bits per heavy atom. The molecule has 2 heterocycles. The van der Waals surface area contributed by atoms with Gasteiger partial charge in [0.1, 0.15) is 11.7 Å². The lowest BCUT2D eigenvalue weighted by Gasteiger charge is -2.75. The second-order valence-corrected chi connectivity index (χ2v) is 16.0. The van der Waals surface area contributed by atoms with Crippen molar-refractivity contribution in [3.05, 3.63) is 23.3 Å². The normalized spacial score (nSPS) is 37.0. The third-order valence-electron chi connectivity index (χ3n) is 13.3. The van der Waals surface area contributed by atoms with Crippen molar-refractivity contribution in [1.82, 2.24) is 4.90 Å². The second-order valence-electron chi connectivity index (χ2n) is 16.0. The molecule has 8 rings (SSSR count). The molecule has 1 N–H and O–H groups in total. The van der Waals surface area contributed by atoms with E-state index >= 15 is 0 Å². The average Bonchev–Trinajstić information content (AvgIpc) is 3.71. The summed E-state index contributed by atoms with van der Waals surface area (Å²) in [5.41, 5.74) is 0.354. The number of rotatable bonds is 10. The van der Waals surface area contributed by atoms with Gasteiger partial charge in [0.15, 0.2) is 11.5 Å². The molecule has 7 aliphatic rings. The van der Waals surface area contributed by atoms with Gasteiger partial charge in [0, 0.05) is 42.0 Å². The van der Waals surface area contributed by atoms with Crippen LogP contribution >= 0.6 is 0 Å². The predicted octanol–water partition coefficient (Wildman–Crippen LogP) is 6.80. The van der Waals surface area contributed by atoms with Crippen LogP contribution < -0.4 is 9.47 Å². The fourth-order valence-electron chi connectivity index (χ4n) is 10.5. The van der Waals surface area contributed by atoms with E-state index in [4.69, 9.17) is 18.9 Å². The number of carbonyl (C=O) groups is 1. The van der Waals surface area contributed by atoms with Gasteiger partial charge in [-0.1, -0.05) is 53.0 Å². The average molecular weight is 596 g/mol. The van der Waals surface area contributed by atoms with Gasteiger partial charge in [0.05, 0.1) is 12.2 Å². The van der Waals surface area contributed by atoms with E-state index in [9.17, 15) is 9.90 Å². The Kier molecular flexibility index (Phi) is 7.00. The monoisotopic (exact) mass is 595 g/mol. The van der Waals surface area contributed by atoms with Crippen molar-refractivity contribution in [2.24, 2.45) is 22.7 Å². The summed E-state index contributed by atoms with van der Waals surface area (Å²) in [6.07, 6.45) is 10.7. The Hall–Kier alpha value is -1.83. The van der Waals surface area contributed by atoms with Gasteiger partial charge < -0.3 is 24.1 Å². The van der Waals surface area contributed by atoms with Crippen LogP contribution in [0, 0.1) is 22.7 Å². The Bertz CT molecular complexity index is 1270. The predicted molar refractivity (Wildman–Crippen MR) is 165 cm³/mol. The van der Waals surface area contributed by atoms with Gasteiger partial charge in [-0.3, -0.25) is 4.90 Å². The maximum atomic E-state index is 12.9. The highest BCUT2D eigenvalue weighted by atomic mass is 16.7. The molecule has 2 spiro atoms. The molecule has 0 radical (unpaired) electrons. The van der Waals surface area contributed by atoms with Crippen molar-refractivity contribution in [1.29, 1.82) is 0 Å². The van der Waals surface area contributed by atoms with E-state index < -0.39 is 17.4 Å². The van der Waals surface area contributed by atoms with Crippen LogP contribution in [0.3, 0.4) is 0 Å². The second kappa shape index (κ2) is 10.1. The van der Waals surface area contributed by atoms with E-state index in [1.165, 1.54) is 30.5 Å². The minimum atomic E-state index is -0.965. The van der Waals surface area contributed by atoms with Gasteiger partial charge in [-0.2, -0.15) is 0 Å². The molecule has 1 aromatic carbocycles. The van der Waals surface area contributed by atoms with E-state index in [2.05, 4.69) is 38.7 Å². The summed E-state index contributed by atoms with van der Waals surface area (Å²) >= 11 is 0. The fraction of sp³-hybridized carbons (Fsp3) is 0.806. The van der Waals surface area contributed by atoms with Crippen LogP contribution in [0.4, 0.5) is 4.79 Å². The molecule has 7 atom stereocenters. The van der Waals surface area contributed by atoms with Crippen molar-refractivity contribution < 1.29 is 28.8 Å². The SMILES string of the molecule is CCCCCCOC(=O)Oc1ccc2c3c1O[C@H]1[C@@]4(OC)CC[C@@]5(C[C@@H]4[C@](C)(O)C(C)(C)C)[C@@H](C2)N(CC2CC2)CC[C@]315. The number of methoxy groups -OCH3 is 1. The van der Waals surface area contributed by atoms with Gasteiger partial charge in [-0.05, 0) is 87.8 Å². The summed E-state index contributed by atoms with van der Waals surface area (Å²) in [7, 11) is 1.82. The lowest BCUT2D eigenvalue weighted by atomic mass is 9.33. The van der Waals surface area contributed by atoms with E-state index in [-0.39, 0.29) is 28.3 Å². The molecule has 7 nitrogen and oxygen atoms in total.